The lowest BCUT2D eigenvalue weighted by molar-refractivity contribution is -0.123. The van der Waals surface area contributed by atoms with Crippen LogP contribution in [0.15, 0.2) is 24.3 Å². The Morgan fingerprint density at radius 1 is 1.44 bits per heavy atom. The van der Waals surface area contributed by atoms with Gasteiger partial charge >= 0.3 is 0 Å². The summed E-state index contributed by atoms with van der Waals surface area (Å²) in [6, 6.07) is 6.54. The highest BCUT2D eigenvalue weighted by atomic mass is 32.1. The Bertz CT molecular complexity index is 486. The average molecular weight is 266 g/mol. The Morgan fingerprint density at radius 2 is 2.11 bits per heavy atom. The Kier molecular flexibility index (Phi) is 3.61. The zero-order valence-electron chi connectivity index (χ0n) is 9.91. The maximum absolute atomic E-state index is 13.3. The summed E-state index contributed by atoms with van der Waals surface area (Å²) < 4.78 is 13.3. The maximum atomic E-state index is 13.3. The van der Waals surface area contributed by atoms with Gasteiger partial charge in [0.25, 0.3) is 0 Å². The number of benzene rings is 1. The van der Waals surface area contributed by atoms with Gasteiger partial charge in [-0.2, -0.15) is 0 Å². The van der Waals surface area contributed by atoms with E-state index >= 15 is 0 Å². The van der Waals surface area contributed by atoms with Crippen LogP contribution in [0.3, 0.4) is 0 Å². The number of amides is 1. The van der Waals surface area contributed by atoms with Gasteiger partial charge in [-0.1, -0.05) is 30.4 Å². The molecule has 0 radical (unpaired) electrons. The molecule has 3 N–H and O–H groups in total. The molecule has 1 fully saturated rings. The second kappa shape index (κ2) is 5.02. The molecule has 1 aliphatic rings. The van der Waals surface area contributed by atoms with Gasteiger partial charge in [-0.25, -0.2) is 4.39 Å². The van der Waals surface area contributed by atoms with Crippen molar-refractivity contribution in [1.82, 2.24) is 5.32 Å². The van der Waals surface area contributed by atoms with Gasteiger partial charge in [0.1, 0.15) is 5.82 Å². The Morgan fingerprint density at radius 3 is 2.67 bits per heavy atom. The number of carbonyl (C=O) groups is 1. The van der Waals surface area contributed by atoms with Crippen molar-refractivity contribution in [3.8, 4) is 0 Å². The molecule has 0 spiro atoms. The normalized spacial score (nSPS) is 16.1. The minimum absolute atomic E-state index is 0.133. The summed E-state index contributed by atoms with van der Waals surface area (Å²) in [6.07, 6.45) is 1.90. The van der Waals surface area contributed by atoms with Crippen molar-refractivity contribution in [2.24, 2.45) is 11.1 Å². The van der Waals surface area contributed by atoms with E-state index in [1.165, 1.54) is 6.07 Å². The fourth-order valence-electron chi connectivity index (χ4n) is 1.89. The molecule has 0 unspecified atom stereocenters. The first-order valence-electron chi connectivity index (χ1n) is 5.88. The number of nitrogens with one attached hydrogen (secondary N) is 1. The molecular formula is C13H15FN2OS. The molecule has 1 aromatic rings. The lowest BCUT2D eigenvalue weighted by Gasteiger charge is -2.13. The lowest BCUT2D eigenvalue weighted by atomic mass is 10.1. The average Bonchev–Trinajstić information content (AvgIpc) is 3.12. The molecule has 0 aromatic heterocycles. The number of hydrogen-bond donors (Lipinski definition) is 2. The lowest BCUT2D eigenvalue weighted by Crippen LogP contribution is -2.40. The van der Waals surface area contributed by atoms with E-state index in [4.69, 9.17) is 18.0 Å². The number of carbonyl (C=O) groups excluding carboxylic acids is 1. The predicted octanol–water partition coefficient (Wildman–Crippen LogP) is 1.55. The molecule has 96 valence electrons. The third-order valence-corrected chi connectivity index (χ3v) is 3.68. The SMILES string of the molecule is NC(=S)C1(C(=O)NCCc2ccccc2F)CC1. The summed E-state index contributed by atoms with van der Waals surface area (Å²) in [5.74, 6) is -0.381. The molecule has 3 nitrogen and oxygen atoms in total. The van der Waals surface area contributed by atoms with Crippen molar-refractivity contribution in [2.75, 3.05) is 6.54 Å². The fourth-order valence-corrected chi connectivity index (χ4v) is 2.19. The van der Waals surface area contributed by atoms with Crippen LogP contribution in [0, 0.1) is 11.2 Å². The molecule has 0 saturated heterocycles. The number of halogens is 1. The highest BCUT2D eigenvalue weighted by Gasteiger charge is 2.52. The molecule has 1 amide bonds. The van der Waals surface area contributed by atoms with Crippen LogP contribution in [0.1, 0.15) is 18.4 Å². The van der Waals surface area contributed by atoms with E-state index in [9.17, 15) is 9.18 Å². The molecule has 0 heterocycles. The van der Waals surface area contributed by atoms with Crippen LogP contribution >= 0.6 is 12.2 Å². The van der Waals surface area contributed by atoms with Gasteiger partial charge in [-0.15, -0.1) is 0 Å². The summed E-state index contributed by atoms with van der Waals surface area (Å²) in [5.41, 5.74) is 5.51. The Balaban J connectivity index is 1.85. The molecule has 2 rings (SSSR count). The van der Waals surface area contributed by atoms with Crippen LogP contribution in [0.2, 0.25) is 0 Å². The van der Waals surface area contributed by atoms with Gasteiger partial charge in [0.2, 0.25) is 5.91 Å². The maximum Gasteiger partial charge on any atom is 0.233 e. The molecule has 0 atom stereocenters. The molecular weight excluding hydrogens is 251 g/mol. The number of nitrogens with two attached hydrogens (primary N) is 1. The van der Waals surface area contributed by atoms with Crippen LogP contribution in [-0.2, 0) is 11.2 Å². The molecule has 0 bridgehead atoms. The van der Waals surface area contributed by atoms with Crippen LogP contribution < -0.4 is 11.1 Å². The van der Waals surface area contributed by atoms with Gasteiger partial charge in [0, 0.05) is 6.54 Å². The van der Waals surface area contributed by atoms with Gasteiger partial charge in [-0.3, -0.25) is 4.79 Å². The third-order valence-electron chi connectivity index (χ3n) is 3.29. The summed E-state index contributed by atoms with van der Waals surface area (Å²) in [4.78, 5) is 12.1. The molecule has 0 aliphatic heterocycles. The van der Waals surface area contributed by atoms with Crippen molar-refractivity contribution in [1.29, 1.82) is 0 Å². The summed E-state index contributed by atoms with van der Waals surface area (Å²) >= 11 is 4.89. The second-order valence-corrected chi connectivity index (χ2v) is 4.98. The van der Waals surface area contributed by atoms with E-state index in [0.29, 0.717) is 31.4 Å². The summed E-state index contributed by atoms with van der Waals surface area (Å²) in [5, 5.41) is 2.77. The van der Waals surface area contributed by atoms with E-state index in [1.54, 1.807) is 18.2 Å². The molecule has 5 heteroatoms. The first-order chi connectivity index (χ1) is 8.56. The van der Waals surface area contributed by atoms with Crippen molar-refractivity contribution < 1.29 is 9.18 Å². The van der Waals surface area contributed by atoms with Gasteiger partial charge < -0.3 is 11.1 Å². The Hall–Kier alpha value is -1.49. The Labute approximate surface area is 111 Å². The zero-order valence-corrected chi connectivity index (χ0v) is 10.7. The number of thiocarbonyl (C=S) groups is 1. The highest BCUT2D eigenvalue weighted by Crippen LogP contribution is 2.46. The summed E-state index contributed by atoms with van der Waals surface area (Å²) in [6.45, 7) is 0.393. The second-order valence-electron chi connectivity index (χ2n) is 4.54. The first kappa shape index (κ1) is 13.0. The van der Waals surface area contributed by atoms with Gasteiger partial charge in [-0.05, 0) is 30.9 Å². The standard InChI is InChI=1S/C13H15FN2OS/c14-10-4-2-1-3-9(10)5-8-16-12(17)13(6-7-13)11(15)18/h1-4H,5-8H2,(H2,15,18)(H,16,17). The minimum Gasteiger partial charge on any atom is -0.392 e. The van der Waals surface area contributed by atoms with Crippen molar-refractivity contribution in [2.45, 2.75) is 19.3 Å². The smallest absolute Gasteiger partial charge is 0.233 e. The molecule has 1 aromatic carbocycles. The van der Waals surface area contributed by atoms with E-state index in [0.717, 1.165) is 0 Å². The molecule has 1 aliphatic carbocycles. The molecule has 18 heavy (non-hydrogen) atoms. The van der Waals surface area contributed by atoms with Crippen molar-refractivity contribution in [3.05, 3.63) is 35.6 Å². The van der Waals surface area contributed by atoms with E-state index in [2.05, 4.69) is 5.32 Å². The topological polar surface area (TPSA) is 55.1 Å². The summed E-state index contributed by atoms with van der Waals surface area (Å²) in [7, 11) is 0. The van der Waals surface area contributed by atoms with Crippen molar-refractivity contribution >= 4 is 23.1 Å². The third kappa shape index (κ3) is 2.51. The monoisotopic (exact) mass is 266 g/mol. The number of rotatable bonds is 5. The minimum atomic E-state index is -0.634. The van der Waals surface area contributed by atoms with Gasteiger partial charge in [0.15, 0.2) is 0 Å². The van der Waals surface area contributed by atoms with Crippen LogP contribution in [0.25, 0.3) is 0 Å². The predicted molar refractivity (Wildman–Crippen MR) is 71.6 cm³/mol. The van der Waals surface area contributed by atoms with Crippen molar-refractivity contribution in [3.63, 3.8) is 0 Å². The number of hydrogen-bond acceptors (Lipinski definition) is 2. The van der Waals surface area contributed by atoms with Crippen LogP contribution in [0.5, 0.6) is 0 Å². The zero-order chi connectivity index (χ0) is 13.2. The van der Waals surface area contributed by atoms with E-state index in [-0.39, 0.29) is 16.7 Å². The highest BCUT2D eigenvalue weighted by molar-refractivity contribution is 7.80. The first-order valence-corrected chi connectivity index (χ1v) is 6.29. The fraction of sp³-hybridized carbons (Fsp3) is 0.385. The van der Waals surface area contributed by atoms with E-state index in [1.807, 2.05) is 0 Å². The van der Waals surface area contributed by atoms with E-state index < -0.39 is 5.41 Å². The largest absolute Gasteiger partial charge is 0.392 e. The van der Waals surface area contributed by atoms with Crippen LogP contribution in [-0.4, -0.2) is 17.4 Å². The quantitative estimate of drug-likeness (QED) is 0.795. The van der Waals surface area contributed by atoms with Gasteiger partial charge in [0.05, 0.1) is 10.4 Å². The molecule has 1 saturated carbocycles. The van der Waals surface area contributed by atoms with Crippen LogP contribution in [0.4, 0.5) is 4.39 Å².